The van der Waals surface area contributed by atoms with Gasteiger partial charge in [-0.15, -0.1) is 0 Å². The fourth-order valence-corrected chi connectivity index (χ4v) is 3.14. The third-order valence-electron chi connectivity index (χ3n) is 4.38. The number of aryl methyl sites for hydroxylation is 1. The number of hydrogen-bond donors (Lipinski definition) is 2. The lowest BCUT2D eigenvalue weighted by molar-refractivity contribution is 0.140. The van der Waals surface area contributed by atoms with Crippen molar-refractivity contribution >= 4 is 0 Å². The quantitative estimate of drug-likeness (QED) is 0.772. The number of nitrogens with one attached hydrogen (secondary N) is 1. The third kappa shape index (κ3) is 4.45. The number of rotatable bonds is 8. The molecule has 0 spiro atoms. The lowest BCUT2D eigenvalue weighted by Crippen LogP contribution is -2.47. The minimum Gasteiger partial charge on any atom is -0.490 e. The highest BCUT2D eigenvalue weighted by Gasteiger charge is 2.39. The van der Waals surface area contributed by atoms with Crippen LogP contribution in [0.3, 0.4) is 0 Å². The van der Waals surface area contributed by atoms with E-state index in [-0.39, 0.29) is 18.2 Å². The molecule has 2 atom stereocenters. The second-order valence-electron chi connectivity index (χ2n) is 6.24. The van der Waals surface area contributed by atoms with Gasteiger partial charge in [0.1, 0.15) is 11.9 Å². The predicted molar refractivity (Wildman–Crippen MR) is 86.8 cm³/mol. The van der Waals surface area contributed by atoms with Crippen molar-refractivity contribution in [2.24, 2.45) is 0 Å². The SMILES string of the molecule is CCCNC1(CO)CCC(Oc2ccc(CCC)cc2)C1. The standard InChI is InChI=1S/C18H29NO2/c1-3-5-15-6-8-16(9-7-15)21-17-10-11-18(13-17,14-20)19-12-4-2/h6-9,17,19-20H,3-5,10-14H2,1-2H3. The summed E-state index contributed by atoms with van der Waals surface area (Å²) in [5, 5.41) is 13.2. The van der Waals surface area contributed by atoms with Gasteiger partial charge >= 0.3 is 0 Å². The molecule has 0 heterocycles. The number of benzene rings is 1. The van der Waals surface area contributed by atoms with Gasteiger partial charge in [0.15, 0.2) is 0 Å². The molecular weight excluding hydrogens is 262 g/mol. The van der Waals surface area contributed by atoms with Crippen molar-refractivity contribution in [2.45, 2.75) is 64.0 Å². The Morgan fingerprint density at radius 3 is 2.62 bits per heavy atom. The van der Waals surface area contributed by atoms with Gasteiger partial charge in [-0.2, -0.15) is 0 Å². The van der Waals surface area contributed by atoms with Gasteiger partial charge in [-0.25, -0.2) is 0 Å². The lowest BCUT2D eigenvalue weighted by atomic mass is 9.98. The van der Waals surface area contributed by atoms with Crippen molar-refractivity contribution in [1.82, 2.24) is 5.32 Å². The molecule has 0 radical (unpaired) electrons. The van der Waals surface area contributed by atoms with E-state index in [1.165, 1.54) is 12.0 Å². The molecule has 118 valence electrons. The largest absolute Gasteiger partial charge is 0.490 e. The van der Waals surface area contributed by atoms with E-state index in [0.717, 1.165) is 44.4 Å². The second-order valence-corrected chi connectivity index (χ2v) is 6.24. The molecular formula is C18H29NO2. The third-order valence-corrected chi connectivity index (χ3v) is 4.38. The fourth-order valence-electron chi connectivity index (χ4n) is 3.14. The van der Waals surface area contributed by atoms with Crippen LogP contribution in [0.15, 0.2) is 24.3 Å². The van der Waals surface area contributed by atoms with E-state index in [0.29, 0.717) is 0 Å². The summed E-state index contributed by atoms with van der Waals surface area (Å²) in [5.41, 5.74) is 1.23. The Balaban J connectivity index is 1.89. The van der Waals surface area contributed by atoms with Crippen molar-refractivity contribution in [3.8, 4) is 5.75 Å². The summed E-state index contributed by atoms with van der Waals surface area (Å²) in [6, 6.07) is 8.46. The second kappa shape index (κ2) is 7.81. The molecule has 2 rings (SSSR count). The van der Waals surface area contributed by atoms with Crippen LogP contribution in [0.25, 0.3) is 0 Å². The van der Waals surface area contributed by atoms with Crippen LogP contribution in [-0.4, -0.2) is 29.9 Å². The highest BCUT2D eigenvalue weighted by molar-refractivity contribution is 5.27. The zero-order valence-corrected chi connectivity index (χ0v) is 13.4. The van der Waals surface area contributed by atoms with E-state index in [1.54, 1.807) is 0 Å². The summed E-state index contributed by atoms with van der Waals surface area (Å²) in [5.74, 6) is 0.948. The van der Waals surface area contributed by atoms with E-state index in [2.05, 4.69) is 43.4 Å². The van der Waals surface area contributed by atoms with Gasteiger partial charge in [0, 0.05) is 12.0 Å². The molecule has 1 saturated carbocycles. The lowest BCUT2D eigenvalue weighted by Gasteiger charge is -2.28. The first-order valence-electron chi connectivity index (χ1n) is 8.33. The maximum atomic E-state index is 9.70. The topological polar surface area (TPSA) is 41.5 Å². The first-order valence-corrected chi connectivity index (χ1v) is 8.33. The summed E-state index contributed by atoms with van der Waals surface area (Å²) in [4.78, 5) is 0. The van der Waals surface area contributed by atoms with Crippen LogP contribution in [0.1, 0.15) is 51.5 Å². The number of ether oxygens (including phenoxy) is 1. The molecule has 1 aromatic carbocycles. The number of hydrogen-bond acceptors (Lipinski definition) is 3. The van der Waals surface area contributed by atoms with Crippen LogP contribution < -0.4 is 10.1 Å². The van der Waals surface area contributed by atoms with Crippen molar-refractivity contribution < 1.29 is 9.84 Å². The van der Waals surface area contributed by atoms with Gasteiger partial charge < -0.3 is 15.2 Å². The van der Waals surface area contributed by atoms with Crippen LogP contribution in [0, 0.1) is 0 Å². The van der Waals surface area contributed by atoms with Crippen LogP contribution in [0.2, 0.25) is 0 Å². The van der Waals surface area contributed by atoms with Crippen molar-refractivity contribution in [2.75, 3.05) is 13.2 Å². The molecule has 1 fully saturated rings. The molecule has 0 saturated heterocycles. The summed E-state index contributed by atoms with van der Waals surface area (Å²) < 4.78 is 6.09. The number of aliphatic hydroxyl groups excluding tert-OH is 1. The molecule has 2 unspecified atom stereocenters. The highest BCUT2D eigenvalue weighted by atomic mass is 16.5. The molecule has 1 aliphatic carbocycles. The summed E-state index contributed by atoms with van der Waals surface area (Å²) in [6.07, 6.45) is 6.48. The first kappa shape index (κ1) is 16.3. The minimum atomic E-state index is -0.136. The molecule has 1 aliphatic rings. The molecule has 0 aromatic heterocycles. The van der Waals surface area contributed by atoms with E-state index >= 15 is 0 Å². The van der Waals surface area contributed by atoms with Crippen LogP contribution in [-0.2, 0) is 6.42 Å². The summed E-state index contributed by atoms with van der Waals surface area (Å²) in [6.45, 7) is 5.50. The number of aliphatic hydroxyl groups is 1. The fraction of sp³-hybridized carbons (Fsp3) is 0.667. The van der Waals surface area contributed by atoms with Gasteiger partial charge in [-0.3, -0.25) is 0 Å². The maximum Gasteiger partial charge on any atom is 0.119 e. The van der Waals surface area contributed by atoms with Crippen molar-refractivity contribution in [1.29, 1.82) is 0 Å². The van der Waals surface area contributed by atoms with Gasteiger partial charge in [-0.05, 0) is 49.9 Å². The van der Waals surface area contributed by atoms with Gasteiger partial charge in [0.05, 0.1) is 6.61 Å². The Labute approximate surface area is 128 Å². The minimum absolute atomic E-state index is 0.136. The van der Waals surface area contributed by atoms with Crippen LogP contribution in [0.4, 0.5) is 0 Å². The van der Waals surface area contributed by atoms with E-state index in [1.807, 2.05) is 0 Å². The maximum absolute atomic E-state index is 9.70. The highest BCUT2D eigenvalue weighted by Crippen LogP contribution is 2.32. The smallest absolute Gasteiger partial charge is 0.119 e. The van der Waals surface area contributed by atoms with Gasteiger partial charge in [0.25, 0.3) is 0 Å². The molecule has 3 nitrogen and oxygen atoms in total. The average molecular weight is 291 g/mol. The molecule has 2 N–H and O–H groups in total. The van der Waals surface area contributed by atoms with Crippen molar-refractivity contribution in [3.63, 3.8) is 0 Å². The van der Waals surface area contributed by atoms with Crippen LogP contribution >= 0.6 is 0 Å². The molecule has 21 heavy (non-hydrogen) atoms. The first-order chi connectivity index (χ1) is 10.2. The molecule has 0 amide bonds. The average Bonchev–Trinajstić information content (AvgIpc) is 2.91. The predicted octanol–water partition coefficient (Wildman–Crippen LogP) is 3.30. The van der Waals surface area contributed by atoms with Crippen molar-refractivity contribution in [3.05, 3.63) is 29.8 Å². The Morgan fingerprint density at radius 2 is 2.00 bits per heavy atom. The monoisotopic (exact) mass is 291 g/mol. The van der Waals surface area contributed by atoms with Gasteiger partial charge in [0.2, 0.25) is 0 Å². The zero-order chi connectivity index (χ0) is 15.1. The molecule has 0 aliphatic heterocycles. The molecule has 0 bridgehead atoms. The molecule has 3 heteroatoms. The molecule has 1 aromatic rings. The van der Waals surface area contributed by atoms with E-state index in [4.69, 9.17) is 4.74 Å². The summed E-state index contributed by atoms with van der Waals surface area (Å²) in [7, 11) is 0. The van der Waals surface area contributed by atoms with E-state index in [9.17, 15) is 5.11 Å². The Morgan fingerprint density at radius 1 is 1.24 bits per heavy atom. The van der Waals surface area contributed by atoms with E-state index < -0.39 is 0 Å². The van der Waals surface area contributed by atoms with Gasteiger partial charge in [-0.1, -0.05) is 32.4 Å². The Kier molecular flexibility index (Phi) is 6.07. The van der Waals surface area contributed by atoms with Crippen LogP contribution in [0.5, 0.6) is 5.75 Å². The Hall–Kier alpha value is -1.06. The zero-order valence-electron chi connectivity index (χ0n) is 13.4. The Bertz CT molecular complexity index is 418. The summed E-state index contributed by atoms with van der Waals surface area (Å²) >= 11 is 0. The normalized spacial score (nSPS) is 25.2.